The van der Waals surface area contributed by atoms with E-state index in [1.54, 1.807) is 12.1 Å². The second kappa shape index (κ2) is 4.87. The van der Waals surface area contributed by atoms with Gasteiger partial charge in [-0.25, -0.2) is 4.39 Å². The highest BCUT2D eigenvalue weighted by atomic mass is 79.9. The smallest absolute Gasteiger partial charge is 0.143 e. The van der Waals surface area contributed by atoms with Crippen molar-refractivity contribution in [1.29, 1.82) is 0 Å². The van der Waals surface area contributed by atoms with E-state index in [2.05, 4.69) is 15.9 Å². The van der Waals surface area contributed by atoms with Crippen LogP contribution in [0.1, 0.15) is 24.2 Å². The maximum Gasteiger partial charge on any atom is 0.143 e. The summed E-state index contributed by atoms with van der Waals surface area (Å²) in [6.07, 6.45) is -0.138. The third kappa shape index (κ3) is 2.32. The zero-order chi connectivity index (χ0) is 10.7. The number of hydrogen-bond donors (Lipinski definition) is 2. The Kier molecular flexibility index (Phi) is 4.04. The summed E-state index contributed by atoms with van der Waals surface area (Å²) in [6, 6.07) is 3.36. The Hall–Kier alpha value is -0.450. The second-order valence-electron chi connectivity index (χ2n) is 3.09. The molecular weight excluding hydrogens is 249 g/mol. The summed E-state index contributed by atoms with van der Waals surface area (Å²) < 4.78 is 13.9. The molecule has 1 atom stereocenters. The fourth-order valence-corrected chi connectivity index (χ4v) is 1.77. The van der Waals surface area contributed by atoms with Crippen molar-refractivity contribution in [2.24, 2.45) is 5.73 Å². The monoisotopic (exact) mass is 261 g/mol. The highest BCUT2D eigenvalue weighted by Gasteiger charge is 2.14. The van der Waals surface area contributed by atoms with Gasteiger partial charge in [0.1, 0.15) is 5.82 Å². The number of nitrogens with two attached hydrogens (primary N) is 1. The van der Waals surface area contributed by atoms with Crippen LogP contribution < -0.4 is 5.73 Å². The lowest BCUT2D eigenvalue weighted by Crippen LogP contribution is -2.13. The fraction of sp³-hybridized carbons (Fsp3) is 0.400. The molecule has 3 N–H and O–H groups in total. The lowest BCUT2D eigenvalue weighted by atomic mass is 10.0. The van der Waals surface area contributed by atoms with E-state index in [0.29, 0.717) is 4.47 Å². The molecular formula is C10H13BrFNO. The molecule has 1 unspecified atom stereocenters. The molecule has 0 fully saturated rings. The van der Waals surface area contributed by atoms with E-state index in [0.717, 1.165) is 12.0 Å². The summed E-state index contributed by atoms with van der Waals surface area (Å²) in [5.74, 6) is -0.430. The summed E-state index contributed by atoms with van der Waals surface area (Å²) in [4.78, 5) is 0. The predicted octanol–water partition coefficient (Wildman–Crippen LogP) is 2.14. The Morgan fingerprint density at radius 2 is 2.21 bits per heavy atom. The van der Waals surface area contributed by atoms with Gasteiger partial charge in [0, 0.05) is 12.1 Å². The van der Waals surface area contributed by atoms with Crippen molar-refractivity contribution in [2.45, 2.75) is 19.4 Å². The van der Waals surface area contributed by atoms with Crippen LogP contribution in [0.2, 0.25) is 0 Å². The van der Waals surface area contributed by atoms with Crippen LogP contribution in [0.25, 0.3) is 0 Å². The van der Waals surface area contributed by atoms with E-state index in [-0.39, 0.29) is 12.1 Å². The maximum atomic E-state index is 13.5. The van der Waals surface area contributed by atoms with Crippen molar-refractivity contribution in [3.05, 3.63) is 33.5 Å². The lowest BCUT2D eigenvalue weighted by Gasteiger charge is -2.12. The molecule has 1 rings (SSSR count). The Labute approximate surface area is 91.1 Å². The van der Waals surface area contributed by atoms with Gasteiger partial charge in [-0.3, -0.25) is 0 Å². The van der Waals surface area contributed by atoms with Crippen LogP contribution in [-0.2, 0) is 6.42 Å². The number of hydrogen-bond acceptors (Lipinski definition) is 2. The Bertz CT molecular complexity index is 330. The van der Waals surface area contributed by atoms with Gasteiger partial charge in [0.25, 0.3) is 0 Å². The summed E-state index contributed by atoms with van der Waals surface area (Å²) >= 11 is 3.11. The molecule has 14 heavy (non-hydrogen) atoms. The number of aryl methyl sites for hydroxylation is 1. The van der Waals surface area contributed by atoms with Gasteiger partial charge in [0.15, 0.2) is 0 Å². The largest absolute Gasteiger partial charge is 0.387 e. The first kappa shape index (κ1) is 11.6. The Morgan fingerprint density at radius 1 is 1.57 bits per heavy atom. The van der Waals surface area contributed by atoms with Gasteiger partial charge in [-0.2, -0.15) is 0 Å². The van der Waals surface area contributed by atoms with E-state index in [9.17, 15) is 9.50 Å². The van der Waals surface area contributed by atoms with Crippen LogP contribution in [0.15, 0.2) is 16.6 Å². The number of aliphatic hydroxyl groups excluding tert-OH is 1. The van der Waals surface area contributed by atoms with E-state index in [1.165, 1.54) is 0 Å². The average molecular weight is 262 g/mol. The minimum absolute atomic E-state index is 0.0243. The van der Waals surface area contributed by atoms with Crippen LogP contribution in [0, 0.1) is 5.82 Å². The molecule has 0 heterocycles. The highest BCUT2D eigenvalue weighted by Crippen LogP contribution is 2.25. The molecule has 0 aliphatic carbocycles. The summed E-state index contributed by atoms with van der Waals surface area (Å²) in [5.41, 5.74) is 6.52. The van der Waals surface area contributed by atoms with Crippen molar-refractivity contribution in [3.8, 4) is 0 Å². The third-order valence-corrected chi connectivity index (χ3v) is 2.68. The molecule has 4 heteroatoms. The maximum absolute atomic E-state index is 13.5. The number of benzene rings is 1. The molecule has 1 aromatic carbocycles. The first-order valence-corrected chi connectivity index (χ1v) is 5.25. The minimum Gasteiger partial charge on any atom is -0.387 e. The van der Waals surface area contributed by atoms with E-state index in [1.807, 2.05) is 6.92 Å². The minimum atomic E-state index is -0.933. The van der Waals surface area contributed by atoms with Gasteiger partial charge < -0.3 is 10.8 Å². The molecule has 0 saturated heterocycles. The van der Waals surface area contributed by atoms with Crippen LogP contribution in [-0.4, -0.2) is 11.7 Å². The van der Waals surface area contributed by atoms with E-state index >= 15 is 0 Å². The first-order chi connectivity index (χ1) is 6.60. The summed E-state index contributed by atoms with van der Waals surface area (Å²) in [7, 11) is 0. The molecule has 0 aliphatic rings. The molecule has 0 saturated carbocycles. The molecule has 0 aliphatic heterocycles. The van der Waals surface area contributed by atoms with Gasteiger partial charge in [0.2, 0.25) is 0 Å². The van der Waals surface area contributed by atoms with Crippen molar-refractivity contribution in [1.82, 2.24) is 0 Å². The molecule has 0 radical (unpaired) electrons. The zero-order valence-electron chi connectivity index (χ0n) is 7.93. The first-order valence-electron chi connectivity index (χ1n) is 4.46. The van der Waals surface area contributed by atoms with E-state index < -0.39 is 11.9 Å². The van der Waals surface area contributed by atoms with Crippen LogP contribution in [0.4, 0.5) is 4.39 Å². The highest BCUT2D eigenvalue weighted by molar-refractivity contribution is 9.10. The van der Waals surface area contributed by atoms with E-state index in [4.69, 9.17) is 5.73 Å². The number of halogens is 2. The fourth-order valence-electron chi connectivity index (χ4n) is 1.24. The predicted molar refractivity (Wildman–Crippen MR) is 57.5 cm³/mol. The van der Waals surface area contributed by atoms with Crippen LogP contribution >= 0.6 is 15.9 Å². The lowest BCUT2D eigenvalue weighted by molar-refractivity contribution is 0.181. The zero-order valence-corrected chi connectivity index (χ0v) is 9.51. The van der Waals surface area contributed by atoms with Crippen LogP contribution in [0.5, 0.6) is 0 Å². The molecule has 0 aromatic heterocycles. The van der Waals surface area contributed by atoms with Gasteiger partial charge in [-0.05, 0) is 34.0 Å². The average Bonchev–Trinajstić information content (AvgIpc) is 2.20. The molecule has 0 bridgehead atoms. The summed E-state index contributed by atoms with van der Waals surface area (Å²) in [5, 5.41) is 9.47. The third-order valence-electron chi connectivity index (χ3n) is 2.11. The van der Waals surface area contributed by atoms with Crippen molar-refractivity contribution in [2.75, 3.05) is 6.54 Å². The quantitative estimate of drug-likeness (QED) is 0.876. The topological polar surface area (TPSA) is 46.2 Å². The molecule has 2 nitrogen and oxygen atoms in total. The van der Waals surface area contributed by atoms with Crippen molar-refractivity contribution in [3.63, 3.8) is 0 Å². The molecule has 0 spiro atoms. The summed E-state index contributed by atoms with van der Waals surface area (Å²) in [6.45, 7) is 1.99. The molecule has 78 valence electrons. The van der Waals surface area contributed by atoms with Gasteiger partial charge >= 0.3 is 0 Å². The standard InChI is InChI=1S/C10H13BrFNO/c1-2-6-3-7(9(14)5-13)10(12)8(11)4-6/h3-4,9,14H,2,5,13H2,1H3. The Morgan fingerprint density at radius 3 is 2.71 bits per heavy atom. The van der Waals surface area contributed by atoms with Crippen molar-refractivity contribution < 1.29 is 9.50 Å². The number of rotatable bonds is 3. The van der Waals surface area contributed by atoms with Gasteiger partial charge in [-0.15, -0.1) is 0 Å². The molecule has 0 amide bonds. The molecule has 1 aromatic rings. The van der Waals surface area contributed by atoms with Gasteiger partial charge in [-0.1, -0.05) is 13.0 Å². The SMILES string of the molecule is CCc1cc(Br)c(F)c(C(O)CN)c1. The second-order valence-corrected chi connectivity index (χ2v) is 3.94. The normalized spacial score (nSPS) is 12.9. The van der Waals surface area contributed by atoms with Crippen molar-refractivity contribution >= 4 is 15.9 Å². The van der Waals surface area contributed by atoms with Gasteiger partial charge in [0.05, 0.1) is 10.6 Å². The number of aliphatic hydroxyl groups is 1. The Balaban J connectivity index is 3.20. The van der Waals surface area contributed by atoms with Crippen LogP contribution in [0.3, 0.4) is 0 Å².